The van der Waals surface area contributed by atoms with E-state index in [1.165, 1.54) is 70.9 Å². The fourth-order valence-corrected chi connectivity index (χ4v) is 8.26. The number of aliphatic hydroxyl groups is 1. The second-order valence-electron chi connectivity index (χ2n) is 10.7. The normalized spacial score (nSPS) is 57.1. The van der Waals surface area contributed by atoms with Gasteiger partial charge in [0.25, 0.3) is 0 Å². The Kier molecular flexibility index (Phi) is 3.51. The second-order valence-corrected chi connectivity index (χ2v) is 10.7. The largest absolute Gasteiger partial charge is 0.388 e. The van der Waals surface area contributed by atoms with Crippen LogP contribution in [0.4, 0.5) is 0 Å². The Labute approximate surface area is 148 Å². The summed E-state index contributed by atoms with van der Waals surface area (Å²) in [7, 11) is 0. The Morgan fingerprint density at radius 1 is 0.875 bits per heavy atom. The summed E-state index contributed by atoms with van der Waals surface area (Å²) < 4.78 is 0. The summed E-state index contributed by atoms with van der Waals surface area (Å²) in [6.07, 6.45) is 13.9. The molecule has 4 saturated carbocycles. The van der Waals surface area contributed by atoms with Crippen LogP contribution in [0.2, 0.25) is 0 Å². The minimum Gasteiger partial charge on any atom is -0.388 e. The van der Waals surface area contributed by atoms with Gasteiger partial charge in [0, 0.05) is 25.0 Å². The van der Waals surface area contributed by atoms with Gasteiger partial charge in [-0.05, 0) is 80.5 Å². The van der Waals surface area contributed by atoms with Crippen LogP contribution in [0.1, 0.15) is 78.1 Å². The van der Waals surface area contributed by atoms with Crippen LogP contribution in [0.25, 0.3) is 0 Å². The first kappa shape index (κ1) is 16.1. The highest BCUT2D eigenvalue weighted by Crippen LogP contribution is 2.68. The van der Waals surface area contributed by atoms with E-state index in [-0.39, 0.29) is 5.41 Å². The van der Waals surface area contributed by atoms with Gasteiger partial charge in [-0.2, -0.15) is 0 Å². The summed E-state index contributed by atoms with van der Waals surface area (Å²) >= 11 is 0. The Morgan fingerprint density at radius 2 is 1.67 bits per heavy atom. The lowest BCUT2D eigenvalue weighted by Gasteiger charge is -2.61. The molecule has 5 aliphatic rings. The van der Waals surface area contributed by atoms with Gasteiger partial charge in [0.05, 0.1) is 5.60 Å². The summed E-state index contributed by atoms with van der Waals surface area (Å²) in [5.41, 5.74) is 0.418. The maximum atomic E-state index is 11.6. The molecule has 0 aromatic heterocycles. The Morgan fingerprint density at radius 3 is 2.46 bits per heavy atom. The molecular formula is C22H37NO. The molecule has 0 radical (unpaired) electrons. The molecule has 136 valence electrons. The Bertz CT molecular complexity index is 516. The van der Waals surface area contributed by atoms with Gasteiger partial charge in [-0.15, -0.1) is 0 Å². The van der Waals surface area contributed by atoms with Crippen LogP contribution in [-0.2, 0) is 0 Å². The highest BCUT2D eigenvalue weighted by Gasteiger charge is 2.64. The number of fused-ring (bicyclic) bond motifs is 5. The van der Waals surface area contributed by atoms with E-state index in [1.807, 2.05) is 0 Å². The van der Waals surface area contributed by atoms with Crippen molar-refractivity contribution in [2.45, 2.75) is 83.7 Å². The smallest absolute Gasteiger partial charge is 0.0830 e. The zero-order valence-corrected chi connectivity index (χ0v) is 15.9. The SMILES string of the molecule is C[C@]12CCCCC1CC[C@@H]1[C@@H]2CC[C@@]2(C)[C@H]1CCC2(O)CN1CC1. The van der Waals surface area contributed by atoms with E-state index in [0.717, 1.165) is 36.6 Å². The second kappa shape index (κ2) is 5.22. The van der Waals surface area contributed by atoms with Crippen LogP contribution in [0.3, 0.4) is 0 Å². The van der Waals surface area contributed by atoms with Crippen molar-refractivity contribution in [1.82, 2.24) is 4.90 Å². The van der Waals surface area contributed by atoms with Gasteiger partial charge < -0.3 is 5.11 Å². The van der Waals surface area contributed by atoms with E-state index in [1.54, 1.807) is 0 Å². The molecule has 0 spiro atoms. The van der Waals surface area contributed by atoms with Crippen molar-refractivity contribution < 1.29 is 5.11 Å². The Hall–Kier alpha value is -0.0800. The highest BCUT2D eigenvalue weighted by molar-refractivity contribution is 5.15. The predicted molar refractivity (Wildman–Crippen MR) is 97.7 cm³/mol. The summed E-state index contributed by atoms with van der Waals surface area (Å²) in [6, 6.07) is 0. The summed E-state index contributed by atoms with van der Waals surface area (Å²) in [5, 5.41) is 11.6. The molecule has 2 unspecified atom stereocenters. The number of hydrogen-bond donors (Lipinski definition) is 1. The van der Waals surface area contributed by atoms with Gasteiger partial charge in [0.1, 0.15) is 0 Å². The average Bonchev–Trinajstić information content (AvgIpc) is 3.32. The average molecular weight is 332 g/mol. The number of β-amino-alcohol motifs (C(OH)–C–C–N with tert-alkyl or cyclic N) is 1. The van der Waals surface area contributed by atoms with Gasteiger partial charge in [0.2, 0.25) is 0 Å². The lowest BCUT2D eigenvalue weighted by molar-refractivity contribution is -0.153. The maximum absolute atomic E-state index is 11.6. The topological polar surface area (TPSA) is 23.2 Å². The van der Waals surface area contributed by atoms with E-state index >= 15 is 0 Å². The molecule has 1 heterocycles. The first-order valence-corrected chi connectivity index (χ1v) is 10.9. The van der Waals surface area contributed by atoms with E-state index in [4.69, 9.17) is 0 Å². The molecule has 0 aromatic rings. The van der Waals surface area contributed by atoms with Crippen molar-refractivity contribution in [1.29, 1.82) is 0 Å². The number of rotatable bonds is 2. The fraction of sp³-hybridized carbons (Fsp3) is 1.00. The van der Waals surface area contributed by atoms with E-state index in [2.05, 4.69) is 18.7 Å². The molecule has 1 N–H and O–H groups in total. The molecular weight excluding hydrogens is 294 g/mol. The summed E-state index contributed by atoms with van der Waals surface area (Å²) in [6.45, 7) is 8.52. The predicted octanol–water partition coefficient (Wildman–Crippen LogP) is 4.47. The fourth-order valence-electron chi connectivity index (χ4n) is 8.26. The van der Waals surface area contributed by atoms with Crippen molar-refractivity contribution in [2.75, 3.05) is 19.6 Å². The molecule has 0 amide bonds. The molecule has 4 aliphatic carbocycles. The molecule has 7 atom stereocenters. The minimum atomic E-state index is -0.399. The quantitative estimate of drug-likeness (QED) is 0.755. The molecule has 5 fully saturated rings. The van der Waals surface area contributed by atoms with Crippen LogP contribution >= 0.6 is 0 Å². The van der Waals surface area contributed by atoms with Crippen molar-refractivity contribution in [2.24, 2.45) is 34.5 Å². The van der Waals surface area contributed by atoms with E-state index in [0.29, 0.717) is 5.41 Å². The van der Waals surface area contributed by atoms with Crippen LogP contribution < -0.4 is 0 Å². The van der Waals surface area contributed by atoms with Gasteiger partial charge in [-0.1, -0.05) is 26.7 Å². The first-order chi connectivity index (χ1) is 11.5. The van der Waals surface area contributed by atoms with Crippen molar-refractivity contribution in [3.05, 3.63) is 0 Å². The van der Waals surface area contributed by atoms with Gasteiger partial charge in [-0.25, -0.2) is 0 Å². The Balaban J connectivity index is 1.43. The van der Waals surface area contributed by atoms with Crippen LogP contribution in [0, 0.1) is 34.5 Å². The van der Waals surface area contributed by atoms with E-state index in [9.17, 15) is 5.11 Å². The number of hydrogen-bond acceptors (Lipinski definition) is 2. The van der Waals surface area contributed by atoms with Gasteiger partial charge in [0.15, 0.2) is 0 Å². The molecule has 1 saturated heterocycles. The third kappa shape index (κ3) is 2.08. The molecule has 24 heavy (non-hydrogen) atoms. The highest BCUT2D eigenvalue weighted by atomic mass is 16.3. The van der Waals surface area contributed by atoms with Crippen LogP contribution in [-0.4, -0.2) is 35.2 Å². The van der Waals surface area contributed by atoms with Gasteiger partial charge >= 0.3 is 0 Å². The van der Waals surface area contributed by atoms with Crippen molar-refractivity contribution in [3.63, 3.8) is 0 Å². The zero-order valence-electron chi connectivity index (χ0n) is 15.9. The standard InChI is InChI=1S/C22H37NO/c1-20-10-4-3-5-16(20)6-7-17-18(20)8-11-21(2)19(17)9-12-22(21,24)15-23-13-14-23/h16-19,24H,3-15H2,1-2H3/t16?,17-,18+,19+,20+,21+,22?/m1/s1. The molecule has 2 nitrogen and oxygen atoms in total. The molecule has 0 bridgehead atoms. The van der Waals surface area contributed by atoms with Crippen molar-refractivity contribution in [3.8, 4) is 0 Å². The minimum absolute atomic E-state index is 0.189. The first-order valence-electron chi connectivity index (χ1n) is 10.9. The number of nitrogens with zero attached hydrogens (tertiary/aromatic N) is 1. The lowest BCUT2D eigenvalue weighted by atomic mass is 9.44. The monoisotopic (exact) mass is 331 g/mol. The summed E-state index contributed by atoms with van der Waals surface area (Å²) in [4.78, 5) is 2.46. The molecule has 0 aromatic carbocycles. The molecule has 5 rings (SSSR count). The molecule has 2 heteroatoms. The zero-order chi connectivity index (χ0) is 16.6. The van der Waals surface area contributed by atoms with Gasteiger partial charge in [-0.3, -0.25) is 4.90 Å². The summed E-state index contributed by atoms with van der Waals surface area (Å²) in [5.74, 6) is 3.67. The van der Waals surface area contributed by atoms with Crippen LogP contribution in [0.15, 0.2) is 0 Å². The molecule has 1 aliphatic heterocycles. The van der Waals surface area contributed by atoms with Crippen molar-refractivity contribution >= 4 is 0 Å². The van der Waals surface area contributed by atoms with Crippen LogP contribution in [0.5, 0.6) is 0 Å². The third-order valence-corrected chi connectivity index (χ3v) is 9.93. The third-order valence-electron chi connectivity index (χ3n) is 9.93. The maximum Gasteiger partial charge on any atom is 0.0830 e. The van der Waals surface area contributed by atoms with E-state index < -0.39 is 5.60 Å². The lowest BCUT2D eigenvalue weighted by Crippen LogP contribution is -2.57.